The first-order chi connectivity index (χ1) is 5.29. The summed E-state index contributed by atoms with van der Waals surface area (Å²) < 4.78 is 10.1. The smallest absolute Gasteiger partial charge is 0.0502 e. The van der Waals surface area contributed by atoms with Gasteiger partial charge in [0.05, 0.1) is 6.10 Å². The van der Waals surface area contributed by atoms with Crippen molar-refractivity contribution in [2.45, 2.75) is 24.7 Å². The predicted molar refractivity (Wildman–Crippen MR) is 40.8 cm³/mol. The van der Waals surface area contributed by atoms with Crippen LogP contribution in [0.1, 0.15) is 6.42 Å². The van der Waals surface area contributed by atoms with E-state index < -0.39 is 6.10 Å². The number of hydrogen-bond acceptors (Lipinski definition) is 3. The van der Waals surface area contributed by atoms with E-state index in [1.807, 2.05) is 12.8 Å². The van der Waals surface area contributed by atoms with E-state index in [1.54, 1.807) is 14.2 Å². The van der Waals surface area contributed by atoms with E-state index in [0.29, 0.717) is 0 Å². The van der Waals surface area contributed by atoms with Gasteiger partial charge in [-0.2, -0.15) is 0 Å². The maximum absolute atomic E-state index is 9.52. The first-order valence-electron chi connectivity index (χ1n) is 3.70. The van der Waals surface area contributed by atoms with Crippen molar-refractivity contribution in [2.75, 3.05) is 14.2 Å². The number of ether oxygens (including phenoxy) is 2. The Labute approximate surface area is 193 Å². The molecule has 78 valence electrons. The van der Waals surface area contributed by atoms with Crippen molar-refractivity contribution in [1.29, 1.82) is 0 Å². The fraction of sp³-hybridized carbons (Fsp3) is 0.750. The zero-order valence-electron chi connectivity index (χ0n) is 9.17. The van der Waals surface area contributed by atoms with Crippen molar-refractivity contribution >= 4 is 0 Å². The molecule has 0 aromatic carbocycles. The summed E-state index contributed by atoms with van der Waals surface area (Å²) in [6, 6.07) is 0. The van der Waals surface area contributed by atoms with Gasteiger partial charge >= 0.3 is 0 Å². The van der Waals surface area contributed by atoms with E-state index in [-0.39, 0.29) is 143 Å². The van der Waals surface area contributed by atoms with E-state index in [9.17, 15) is 5.11 Å². The number of methoxy groups -OCH3 is 2. The van der Waals surface area contributed by atoms with Crippen LogP contribution in [0.2, 0.25) is 0 Å². The van der Waals surface area contributed by atoms with Gasteiger partial charge < -0.3 is 33.8 Å². The Morgan fingerprint density at radius 2 is 1.27 bits per heavy atom. The van der Waals surface area contributed by atoms with Gasteiger partial charge in [0.15, 0.2) is 0 Å². The molecule has 0 aromatic rings. The molecule has 2 unspecified atom stereocenters. The average Bonchev–Trinajstić information content (AvgIpc) is 2.05. The summed E-state index contributed by atoms with van der Waals surface area (Å²) in [7, 11) is 3.17. The molecular formula is C8H14O3Y4-2. The summed E-state index contributed by atoms with van der Waals surface area (Å²) in [5.41, 5.74) is 0. The molecule has 0 spiro atoms. The summed E-state index contributed by atoms with van der Waals surface area (Å²) >= 11 is 0. The number of aliphatic hydroxyl groups excluding tert-OH is 1. The molecule has 0 saturated heterocycles. The maximum atomic E-state index is 9.52. The molecule has 0 bridgehead atoms. The molecule has 15 heavy (non-hydrogen) atoms. The minimum atomic E-state index is -0.557. The molecule has 1 N–H and O–H groups in total. The van der Waals surface area contributed by atoms with Gasteiger partial charge in [0.1, 0.15) is 0 Å². The van der Waals surface area contributed by atoms with Crippen LogP contribution in [0.3, 0.4) is 0 Å². The Bertz CT molecular complexity index is 116. The molecule has 1 rings (SSSR count). The molecule has 1 fully saturated rings. The third-order valence-electron chi connectivity index (χ3n) is 1.95. The van der Waals surface area contributed by atoms with Gasteiger partial charge in [-0.05, 0) is 12.2 Å². The Kier molecular flexibility index (Phi) is 30.1. The summed E-state index contributed by atoms with van der Waals surface area (Å²) in [6.45, 7) is 0. The Morgan fingerprint density at radius 1 is 0.933 bits per heavy atom. The van der Waals surface area contributed by atoms with Gasteiger partial charge in [-0.25, -0.2) is 0 Å². The first-order valence-corrected chi connectivity index (χ1v) is 3.70. The maximum Gasteiger partial charge on any atom is 0.0502 e. The molecule has 2 atom stereocenters. The third kappa shape index (κ3) is 9.77. The number of aliphatic hydroxyl groups is 1. The van der Waals surface area contributed by atoms with Crippen LogP contribution in [0.4, 0.5) is 0 Å². The summed E-state index contributed by atoms with van der Waals surface area (Å²) in [5, 5.41) is 9.52. The molecule has 1 saturated carbocycles. The second-order valence-electron chi connectivity index (χ2n) is 2.60. The predicted octanol–water partition coefficient (Wildman–Crippen LogP) is 0.180. The van der Waals surface area contributed by atoms with Crippen LogP contribution < -0.4 is 0 Å². The standard InChI is InChI=1S/C8H14O3.4Y/c1-10-6-4-3-5-7(11-2)8(6)9;;;;/h4-9H,3H2,1-2H3;;;;/q-2;;;;. The third-order valence-corrected chi connectivity index (χ3v) is 1.95. The zero-order valence-corrected chi connectivity index (χ0v) is 20.5. The van der Waals surface area contributed by atoms with Crippen LogP contribution in [-0.4, -0.2) is 37.6 Å². The quantitative estimate of drug-likeness (QED) is 0.536. The monoisotopic (exact) mass is 514 g/mol. The van der Waals surface area contributed by atoms with Crippen LogP contribution in [0.15, 0.2) is 0 Å². The van der Waals surface area contributed by atoms with E-state index in [1.165, 1.54) is 0 Å². The minimum Gasteiger partial charge on any atom is -0.411 e. The van der Waals surface area contributed by atoms with Crippen molar-refractivity contribution < 1.29 is 145 Å². The molecule has 7 heteroatoms. The fourth-order valence-corrected chi connectivity index (χ4v) is 1.28. The molecule has 0 aromatic heterocycles. The van der Waals surface area contributed by atoms with Crippen LogP contribution in [0, 0.1) is 12.8 Å². The molecule has 1 aliphatic rings. The van der Waals surface area contributed by atoms with E-state index in [0.717, 1.165) is 6.42 Å². The van der Waals surface area contributed by atoms with Crippen LogP contribution >= 0.6 is 0 Å². The molecule has 0 amide bonds. The van der Waals surface area contributed by atoms with Crippen molar-refractivity contribution in [3.05, 3.63) is 12.8 Å². The largest absolute Gasteiger partial charge is 0.411 e. The molecule has 0 heterocycles. The SMILES string of the molecule is COC1[CH-]C[CH-]C(OC)C1O.[Y].[Y].[Y].[Y]. The summed E-state index contributed by atoms with van der Waals surface area (Å²) in [6.07, 6.45) is 3.75. The van der Waals surface area contributed by atoms with Gasteiger partial charge in [-0.1, -0.05) is 0 Å². The summed E-state index contributed by atoms with van der Waals surface area (Å²) in [4.78, 5) is 0. The summed E-state index contributed by atoms with van der Waals surface area (Å²) in [5.74, 6) is 0. The molecule has 1 aliphatic carbocycles. The van der Waals surface area contributed by atoms with Crippen molar-refractivity contribution in [1.82, 2.24) is 0 Å². The second-order valence-corrected chi connectivity index (χ2v) is 2.60. The average molecular weight is 514 g/mol. The first kappa shape index (κ1) is 27.6. The zero-order chi connectivity index (χ0) is 8.27. The molecule has 0 aliphatic heterocycles. The van der Waals surface area contributed by atoms with Crippen LogP contribution in [0.25, 0.3) is 0 Å². The van der Waals surface area contributed by atoms with E-state index in [4.69, 9.17) is 9.47 Å². The molecular weight excluding hydrogens is 500 g/mol. The fourth-order valence-electron chi connectivity index (χ4n) is 1.28. The minimum absolute atomic E-state index is 0. The number of rotatable bonds is 2. The molecule has 4 radical (unpaired) electrons. The van der Waals surface area contributed by atoms with Crippen LogP contribution in [0.5, 0.6) is 0 Å². The van der Waals surface area contributed by atoms with Gasteiger partial charge in [0, 0.05) is 145 Å². The van der Waals surface area contributed by atoms with Crippen molar-refractivity contribution in [3.63, 3.8) is 0 Å². The normalized spacial score (nSPS) is 28.6. The van der Waals surface area contributed by atoms with Crippen molar-refractivity contribution in [3.8, 4) is 0 Å². The van der Waals surface area contributed by atoms with Crippen LogP contribution in [-0.2, 0) is 140 Å². The van der Waals surface area contributed by atoms with E-state index >= 15 is 0 Å². The molecule has 3 nitrogen and oxygen atoms in total. The van der Waals surface area contributed by atoms with Gasteiger partial charge in [0.25, 0.3) is 0 Å². The Morgan fingerprint density at radius 3 is 1.53 bits per heavy atom. The van der Waals surface area contributed by atoms with Gasteiger partial charge in [-0.15, -0.1) is 0 Å². The van der Waals surface area contributed by atoms with E-state index in [2.05, 4.69) is 0 Å². The Balaban J connectivity index is -0.000000151. The topological polar surface area (TPSA) is 38.7 Å². The van der Waals surface area contributed by atoms with Crippen molar-refractivity contribution in [2.24, 2.45) is 0 Å². The Hall–Kier alpha value is 4.30. The second kappa shape index (κ2) is 16.4. The van der Waals surface area contributed by atoms with Gasteiger partial charge in [0.2, 0.25) is 0 Å². The van der Waals surface area contributed by atoms with Gasteiger partial charge in [-0.3, -0.25) is 0 Å². The number of hydrogen-bond donors (Lipinski definition) is 1.